The summed E-state index contributed by atoms with van der Waals surface area (Å²) in [5.74, 6) is 0.767. The van der Waals surface area contributed by atoms with Gasteiger partial charge in [0.15, 0.2) is 5.65 Å². The molecule has 0 saturated carbocycles. The van der Waals surface area contributed by atoms with Crippen LogP contribution in [0.4, 0.5) is 0 Å². The van der Waals surface area contributed by atoms with Gasteiger partial charge in [-0.15, -0.1) is 0 Å². The lowest BCUT2D eigenvalue weighted by Crippen LogP contribution is -1.84. The van der Waals surface area contributed by atoms with Gasteiger partial charge < -0.3 is 4.98 Å². The summed E-state index contributed by atoms with van der Waals surface area (Å²) < 4.78 is 0. The Balaban J connectivity index is 2.15. The van der Waals surface area contributed by atoms with Crippen molar-refractivity contribution in [3.05, 3.63) is 36.5 Å². The molecule has 0 spiro atoms. The number of aromatic nitrogens is 5. The van der Waals surface area contributed by atoms with E-state index in [1.165, 1.54) is 6.33 Å². The van der Waals surface area contributed by atoms with Crippen molar-refractivity contribution >= 4 is 11.2 Å². The highest BCUT2D eigenvalue weighted by Gasteiger charge is 2.05. The molecule has 0 fully saturated rings. The molecule has 0 aliphatic rings. The van der Waals surface area contributed by atoms with E-state index in [2.05, 4.69) is 24.9 Å². The van der Waals surface area contributed by atoms with Crippen molar-refractivity contribution in [2.45, 2.75) is 6.92 Å². The topological polar surface area (TPSA) is 67.3 Å². The largest absolute Gasteiger partial charge is 0.335 e. The lowest BCUT2D eigenvalue weighted by Gasteiger charge is -1.95. The van der Waals surface area contributed by atoms with E-state index in [4.69, 9.17) is 0 Å². The molecule has 0 aromatic carbocycles. The molecule has 3 rings (SSSR count). The molecule has 0 radical (unpaired) electrons. The van der Waals surface area contributed by atoms with E-state index < -0.39 is 0 Å². The van der Waals surface area contributed by atoms with Gasteiger partial charge in [0.1, 0.15) is 17.7 Å². The number of fused-ring (bicyclic) bond motifs is 1. The predicted octanol–water partition coefficient (Wildman–Crippen LogP) is 1.72. The highest BCUT2D eigenvalue weighted by Crippen LogP contribution is 2.17. The molecule has 78 valence electrons. The van der Waals surface area contributed by atoms with Crippen LogP contribution in [-0.4, -0.2) is 24.9 Å². The summed E-state index contributed by atoms with van der Waals surface area (Å²) in [6.07, 6.45) is 4.99. The zero-order valence-electron chi connectivity index (χ0n) is 8.68. The van der Waals surface area contributed by atoms with Crippen molar-refractivity contribution < 1.29 is 0 Å². The Morgan fingerprint density at radius 1 is 1.12 bits per heavy atom. The lowest BCUT2D eigenvalue weighted by molar-refractivity contribution is 1.18. The maximum atomic E-state index is 4.37. The maximum Gasteiger partial charge on any atom is 0.181 e. The number of rotatable bonds is 1. The van der Waals surface area contributed by atoms with E-state index in [-0.39, 0.29) is 0 Å². The number of aryl methyl sites for hydroxylation is 1. The molecule has 0 saturated heterocycles. The fourth-order valence-electron chi connectivity index (χ4n) is 1.51. The normalized spacial score (nSPS) is 10.8. The van der Waals surface area contributed by atoms with Crippen LogP contribution in [0.15, 0.2) is 30.9 Å². The zero-order chi connectivity index (χ0) is 11.0. The van der Waals surface area contributed by atoms with Crippen molar-refractivity contribution in [3.63, 3.8) is 0 Å². The van der Waals surface area contributed by atoms with Crippen LogP contribution in [0.25, 0.3) is 22.6 Å². The fraction of sp³-hybridized carbons (Fsp3) is 0.0909. The first-order valence-electron chi connectivity index (χ1n) is 4.92. The van der Waals surface area contributed by atoms with E-state index in [1.807, 2.05) is 19.1 Å². The maximum absolute atomic E-state index is 4.37. The molecule has 5 nitrogen and oxygen atoms in total. The van der Waals surface area contributed by atoms with Crippen LogP contribution in [0.1, 0.15) is 5.69 Å². The first-order chi connectivity index (χ1) is 7.83. The average molecular weight is 211 g/mol. The molecular weight excluding hydrogens is 202 g/mol. The summed E-state index contributed by atoms with van der Waals surface area (Å²) >= 11 is 0. The van der Waals surface area contributed by atoms with Gasteiger partial charge in [-0.3, -0.25) is 4.98 Å². The third kappa shape index (κ3) is 1.42. The van der Waals surface area contributed by atoms with Gasteiger partial charge in [-0.25, -0.2) is 15.0 Å². The number of imidazole rings is 1. The molecule has 3 aromatic heterocycles. The van der Waals surface area contributed by atoms with Gasteiger partial charge in [-0.2, -0.15) is 0 Å². The Labute approximate surface area is 91.6 Å². The third-order valence-corrected chi connectivity index (χ3v) is 2.35. The third-order valence-electron chi connectivity index (χ3n) is 2.35. The van der Waals surface area contributed by atoms with Crippen LogP contribution in [0.3, 0.4) is 0 Å². The average Bonchev–Trinajstić information content (AvgIpc) is 2.73. The molecule has 0 atom stereocenters. The predicted molar refractivity (Wildman–Crippen MR) is 59.7 cm³/mol. The summed E-state index contributed by atoms with van der Waals surface area (Å²) in [4.78, 5) is 19.8. The summed E-state index contributed by atoms with van der Waals surface area (Å²) in [6, 6.07) is 3.93. The van der Waals surface area contributed by atoms with E-state index in [1.54, 1.807) is 12.4 Å². The van der Waals surface area contributed by atoms with Gasteiger partial charge in [-0.1, -0.05) is 0 Å². The van der Waals surface area contributed by atoms with Crippen molar-refractivity contribution in [1.82, 2.24) is 24.9 Å². The summed E-state index contributed by atoms with van der Waals surface area (Å²) in [5, 5.41) is 0. The minimum atomic E-state index is 0.672. The molecule has 3 aromatic rings. The summed E-state index contributed by atoms with van der Waals surface area (Å²) in [7, 11) is 0. The molecule has 0 aliphatic carbocycles. The Morgan fingerprint density at radius 2 is 2.06 bits per heavy atom. The molecular formula is C11H9N5. The second-order valence-electron chi connectivity index (χ2n) is 3.53. The van der Waals surface area contributed by atoms with Gasteiger partial charge in [0.2, 0.25) is 0 Å². The van der Waals surface area contributed by atoms with Gasteiger partial charge >= 0.3 is 0 Å². The first-order valence-corrected chi connectivity index (χ1v) is 4.92. The van der Waals surface area contributed by atoms with Crippen molar-refractivity contribution in [2.24, 2.45) is 0 Å². The van der Waals surface area contributed by atoms with Crippen LogP contribution in [0.5, 0.6) is 0 Å². The minimum Gasteiger partial charge on any atom is -0.335 e. The van der Waals surface area contributed by atoms with Crippen LogP contribution < -0.4 is 0 Å². The standard InChI is InChI=1S/C11H9N5/c1-7-2-3-8(4-13-7)10-15-9-5-12-6-14-11(9)16-10/h2-6H,1H3,(H,12,14,15,16). The van der Waals surface area contributed by atoms with Crippen LogP contribution in [0.2, 0.25) is 0 Å². The van der Waals surface area contributed by atoms with E-state index in [0.717, 1.165) is 22.6 Å². The van der Waals surface area contributed by atoms with Crippen LogP contribution >= 0.6 is 0 Å². The van der Waals surface area contributed by atoms with E-state index in [9.17, 15) is 0 Å². The Bertz CT molecular complexity index is 593. The molecule has 0 aliphatic heterocycles. The lowest BCUT2D eigenvalue weighted by atomic mass is 10.2. The van der Waals surface area contributed by atoms with Crippen molar-refractivity contribution in [1.29, 1.82) is 0 Å². The molecule has 3 heterocycles. The number of H-pyrrole nitrogens is 1. The van der Waals surface area contributed by atoms with Gasteiger partial charge in [0.25, 0.3) is 0 Å². The molecule has 0 bridgehead atoms. The smallest absolute Gasteiger partial charge is 0.181 e. The summed E-state index contributed by atoms with van der Waals surface area (Å²) in [6.45, 7) is 1.95. The first kappa shape index (κ1) is 8.96. The monoisotopic (exact) mass is 211 g/mol. The Kier molecular flexibility index (Phi) is 1.89. The quantitative estimate of drug-likeness (QED) is 0.665. The Hall–Kier alpha value is -2.30. The number of aromatic amines is 1. The van der Waals surface area contributed by atoms with Crippen molar-refractivity contribution in [3.8, 4) is 11.4 Å². The second-order valence-corrected chi connectivity index (χ2v) is 3.53. The fourth-order valence-corrected chi connectivity index (χ4v) is 1.51. The molecule has 16 heavy (non-hydrogen) atoms. The SMILES string of the molecule is Cc1ccc(-c2nc3ncncc3[nH]2)cn1. The minimum absolute atomic E-state index is 0.672. The summed E-state index contributed by atoms with van der Waals surface area (Å²) in [5.41, 5.74) is 3.44. The van der Waals surface area contributed by atoms with Gasteiger partial charge in [-0.05, 0) is 19.1 Å². The highest BCUT2D eigenvalue weighted by molar-refractivity contribution is 5.74. The van der Waals surface area contributed by atoms with Crippen LogP contribution in [-0.2, 0) is 0 Å². The van der Waals surface area contributed by atoms with Crippen molar-refractivity contribution in [2.75, 3.05) is 0 Å². The number of hydrogen-bond acceptors (Lipinski definition) is 4. The molecule has 1 N–H and O–H groups in total. The molecule has 0 unspecified atom stereocenters. The molecule has 5 heteroatoms. The number of hydrogen-bond donors (Lipinski definition) is 1. The van der Waals surface area contributed by atoms with E-state index in [0.29, 0.717) is 5.65 Å². The van der Waals surface area contributed by atoms with E-state index >= 15 is 0 Å². The number of nitrogens with one attached hydrogen (secondary N) is 1. The Morgan fingerprint density at radius 3 is 2.81 bits per heavy atom. The van der Waals surface area contributed by atoms with Gasteiger partial charge in [0, 0.05) is 17.5 Å². The molecule has 0 amide bonds. The number of pyridine rings is 1. The van der Waals surface area contributed by atoms with Crippen LogP contribution in [0, 0.1) is 6.92 Å². The second kappa shape index (κ2) is 3.37. The highest BCUT2D eigenvalue weighted by atomic mass is 15.0. The zero-order valence-corrected chi connectivity index (χ0v) is 8.68. The van der Waals surface area contributed by atoms with Gasteiger partial charge in [0.05, 0.1) is 6.20 Å². The number of nitrogens with zero attached hydrogens (tertiary/aromatic N) is 4.